The van der Waals surface area contributed by atoms with E-state index in [0.29, 0.717) is 6.42 Å². The Morgan fingerprint density at radius 1 is 1.73 bits per heavy atom. The van der Waals surface area contributed by atoms with Crippen molar-refractivity contribution in [3.05, 3.63) is 20.8 Å². The van der Waals surface area contributed by atoms with Crippen molar-refractivity contribution < 1.29 is 9.90 Å². The first kappa shape index (κ1) is 12.7. The summed E-state index contributed by atoms with van der Waals surface area (Å²) in [5.74, 6) is -1.12. The molecule has 1 heterocycles. The molecule has 0 spiro atoms. The number of rotatable bonds is 5. The van der Waals surface area contributed by atoms with E-state index in [9.17, 15) is 4.79 Å². The summed E-state index contributed by atoms with van der Waals surface area (Å²) in [7, 11) is 1.80. The number of thiophene rings is 1. The Morgan fingerprint density at radius 3 is 2.73 bits per heavy atom. The van der Waals surface area contributed by atoms with Crippen molar-refractivity contribution in [2.24, 2.45) is 5.92 Å². The largest absolute Gasteiger partial charge is 0.481 e. The van der Waals surface area contributed by atoms with Crippen LogP contribution in [0.1, 0.15) is 24.3 Å². The van der Waals surface area contributed by atoms with Crippen LogP contribution < -0.4 is 5.32 Å². The Hall–Kier alpha value is -0.390. The summed E-state index contributed by atoms with van der Waals surface area (Å²) >= 11 is 4.94. The molecule has 0 saturated heterocycles. The number of nitrogens with one attached hydrogen (secondary N) is 1. The second-order valence-corrected chi connectivity index (χ2v) is 5.15. The highest BCUT2D eigenvalue weighted by atomic mass is 79.9. The fourth-order valence-corrected chi connectivity index (χ4v) is 3.20. The molecule has 84 valence electrons. The van der Waals surface area contributed by atoms with Gasteiger partial charge in [0.15, 0.2) is 0 Å². The molecule has 0 radical (unpaired) electrons. The van der Waals surface area contributed by atoms with Crippen molar-refractivity contribution in [2.45, 2.75) is 19.4 Å². The van der Waals surface area contributed by atoms with Gasteiger partial charge in [0.25, 0.3) is 0 Å². The fourth-order valence-electron chi connectivity index (χ4n) is 1.59. The zero-order valence-corrected chi connectivity index (χ0v) is 11.1. The van der Waals surface area contributed by atoms with E-state index in [0.717, 1.165) is 9.35 Å². The molecule has 1 aromatic heterocycles. The topological polar surface area (TPSA) is 49.3 Å². The molecule has 2 unspecified atom stereocenters. The van der Waals surface area contributed by atoms with Gasteiger partial charge in [-0.05, 0) is 35.5 Å². The highest BCUT2D eigenvalue weighted by molar-refractivity contribution is 9.10. The van der Waals surface area contributed by atoms with Crippen molar-refractivity contribution in [2.75, 3.05) is 7.05 Å². The SMILES string of the molecule is CCC(C(=O)O)C(NC)c1cc(Br)cs1. The predicted octanol–water partition coefficient (Wildman–Crippen LogP) is 2.88. The number of halogens is 1. The molecule has 0 saturated carbocycles. The van der Waals surface area contributed by atoms with Gasteiger partial charge in [0, 0.05) is 14.7 Å². The first-order valence-corrected chi connectivity index (χ1v) is 6.41. The Bertz CT molecular complexity index is 340. The zero-order chi connectivity index (χ0) is 11.4. The van der Waals surface area contributed by atoms with Gasteiger partial charge in [-0.2, -0.15) is 0 Å². The second-order valence-electron chi connectivity index (χ2n) is 3.29. The lowest BCUT2D eigenvalue weighted by Crippen LogP contribution is -2.29. The lowest BCUT2D eigenvalue weighted by molar-refractivity contribution is -0.142. The molecular formula is C10H14BrNO2S. The van der Waals surface area contributed by atoms with Crippen molar-refractivity contribution in [1.82, 2.24) is 5.32 Å². The van der Waals surface area contributed by atoms with Crippen LogP contribution in [0.4, 0.5) is 0 Å². The summed E-state index contributed by atoms with van der Waals surface area (Å²) in [5, 5.41) is 14.1. The lowest BCUT2D eigenvalue weighted by atomic mass is 9.96. The van der Waals surface area contributed by atoms with Crippen LogP contribution in [0.3, 0.4) is 0 Å². The standard InChI is InChI=1S/C10H14BrNO2S/c1-3-7(10(13)14)9(12-2)8-4-6(11)5-15-8/h4-5,7,9,12H,3H2,1-2H3,(H,13,14). The highest BCUT2D eigenvalue weighted by Gasteiger charge is 2.27. The molecule has 1 rings (SSSR count). The smallest absolute Gasteiger partial charge is 0.308 e. The minimum absolute atomic E-state index is 0.108. The van der Waals surface area contributed by atoms with E-state index in [-0.39, 0.29) is 12.0 Å². The predicted molar refractivity (Wildman–Crippen MR) is 65.2 cm³/mol. The third-order valence-corrected chi connectivity index (χ3v) is 4.14. The van der Waals surface area contributed by atoms with Crippen LogP contribution in [0.2, 0.25) is 0 Å². The normalized spacial score (nSPS) is 14.9. The molecule has 2 atom stereocenters. The van der Waals surface area contributed by atoms with Crippen LogP contribution >= 0.6 is 27.3 Å². The number of carboxylic acids is 1. The van der Waals surface area contributed by atoms with Gasteiger partial charge in [-0.3, -0.25) is 4.79 Å². The molecule has 0 aliphatic heterocycles. The molecule has 0 aromatic carbocycles. The van der Waals surface area contributed by atoms with Crippen molar-refractivity contribution in [3.63, 3.8) is 0 Å². The lowest BCUT2D eigenvalue weighted by Gasteiger charge is -2.21. The van der Waals surface area contributed by atoms with E-state index < -0.39 is 5.97 Å². The molecule has 1 aromatic rings. The Morgan fingerprint density at radius 2 is 2.40 bits per heavy atom. The summed E-state index contributed by atoms with van der Waals surface area (Å²) in [6, 6.07) is 1.86. The molecule has 0 fully saturated rings. The highest BCUT2D eigenvalue weighted by Crippen LogP contribution is 2.31. The van der Waals surface area contributed by atoms with E-state index in [1.165, 1.54) is 0 Å². The van der Waals surface area contributed by atoms with Crippen molar-refractivity contribution in [3.8, 4) is 0 Å². The number of carboxylic acid groups (broad SMARTS) is 1. The molecule has 5 heteroatoms. The van der Waals surface area contributed by atoms with Crippen LogP contribution in [0.25, 0.3) is 0 Å². The first-order chi connectivity index (χ1) is 7.10. The summed E-state index contributed by atoms with van der Waals surface area (Å²) < 4.78 is 1.00. The maximum Gasteiger partial charge on any atom is 0.308 e. The summed E-state index contributed by atoms with van der Waals surface area (Å²) in [4.78, 5) is 12.1. The van der Waals surface area contributed by atoms with Crippen molar-refractivity contribution in [1.29, 1.82) is 0 Å². The molecular weight excluding hydrogens is 278 g/mol. The van der Waals surface area contributed by atoms with E-state index in [1.807, 2.05) is 18.4 Å². The number of aliphatic carboxylic acids is 1. The average molecular weight is 292 g/mol. The molecule has 2 N–H and O–H groups in total. The van der Waals surface area contributed by atoms with Gasteiger partial charge in [0.1, 0.15) is 0 Å². The van der Waals surface area contributed by atoms with E-state index >= 15 is 0 Å². The van der Waals surface area contributed by atoms with Gasteiger partial charge < -0.3 is 10.4 Å². The maximum absolute atomic E-state index is 11.1. The number of hydrogen-bond acceptors (Lipinski definition) is 3. The van der Waals surface area contributed by atoms with Gasteiger partial charge in [-0.1, -0.05) is 6.92 Å². The third-order valence-electron chi connectivity index (χ3n) is 2.36. The van der Waals surface area contributed by atoms with Gasteiger partial charge in [-0.25, -0.2) is 0 Å². The van der Waals surface area contributed by atoms with Gasteiger partial charge in [0.05, 0.1) is 12.0 Å². The second kappa shape index (κ2) is 5.63. The summed E-state index contributed by atoms with van der Waals surface area (Å²) in [5.41, 5.74) is 0. The van der Waals surface area contributed by atoms with Crippen LogP contribution in [-0.4, -0.2) is 18.1 Å². The Kier molecular flexibility index (Phi) is 4.76. The summed E-state index contributed by atoms with van der Waals surface area (Å²) in [6.07, 6.45) is 0.621. The quantitative estimate of drug-likeness (QED) is 0.877. The average Bonchev–Trinajstić information content (AvgIpc) is 2.60. The van der Waals surface area contributed by atoms with Crippen LogP contribution in [0.5, 0.6) is 0 Å². The molecule has 15 heavy (non-hydrogen) atoms. The minimum atomic E-state index is -0.749. The van der Waals surface area contributed by atoms with Gasteiger partial charge in [-0.15, -0.1) is 11.3 Å². The molecule has 0 aliphatic carbocycles. The Labute approximate surface area is 102 Å². The molecule has 3 nitrogen and oxygen atoms in total. The summed E-state index contributed by atoms with van der Waals surface area (Å²) in [6.45, 7) is 1.89. The molecule has 0 bridgehead atoms. The molecule has 0 amide bonds. The first-order valence-electron chi connectivity index (χ1n) is 4.74. The molecule has 0 aliphatic rings. The van der Waals surface area contributed by atoms with Crippen molar-refractivity contribution >= 4 is 33.2 Å². The van der Waals surface area contributed by atoms with Gasteiger partial charge in [0.2, 0.25) is 0 Å². The van der Waals surface area contributed by atoms with E-state index in [2.05, 4.69) is 21.2 Å². The van der Waals surface area contributed by atoms with Crippen LogP contribution in [0.15, 0.2) is 15.9 Å². The monoisotopic (exact) mass is 291 g/mol. The van der Waals surface area contributed by atoms with E-state index in [4.69, 9.17) is 5.11 Å². The van der Waals surface area contributed by atoms with E-state index in [1.54, 1.807) is 18.4 Å². The van der Waals surface area contributed by atoms with Gasteiger partial charge >= 0.3 is 5.97 Å². The number of carbonyl (C=O) groups is 1. The minimum Gasteiger partial charge on any atom is -0.481 e. The zero-order valence-electron chi connectivity index (χ0n) is 8.66. The Balaban J connectivity index is 2.91. The fraction of sp³-hybridized carbons (Fsp3) is 0.500. The maximum atomic E-state index is 11.1. The van der Waals surface area contributed by atoms with Crippen LogP contribution in [0, 0.1) is 5.92 Å². The van der Waals surface area contributed by atoms with Crippen LogP contribution in [-0.2, 0) is 4.79 Å². The third kappa shape index (κ3) is 3.03. The number of hydrogen-bond donors (Lipinski definition) is 2.